The number of nitrogens with one attached hydrogen (secondary N) is 1. The quantitative estimate of drug-likeness (QED) is 0.558. The molecule has 34 heavy (non-hydrogen) atoms. The summed E-state index contributed by atoms with van der Waals surface area (Å²) in [5, 5.41) is 14.9. The van der Waals surface area contributed by atoms with Gasteiger partial charge in [-0.15, -0.1) is 0 Å². The largest absolute Gasteiger partial charge is 0.494 e. The summed E-state index contributed by atoms with van der Waals surface area (Å²) in [6.07, 6.45) is 1.79. The van der Waals surface area contributed by atoms with Crippen LogP contribution in [0, 0.1) is 17.1 Å². The SMILES string of the molecule is COc1ccc(C2(CC(=O)N(C)C(C)c3cc(C#N)cc4ccccc34)CCNCC2)cc1F. The monoisotopic (exact) mass is 459 g/mol. The smallest absolute Gasteiger partial charge is 0.223 e. The predicted octanol–water partition coefficient (Wildman–Crippen LogP) is 5.09. The molecule has 1 saturated heterocycles. The number of nitrogens with zero attached hydrogens (tertiary/aromatic N) is 2. The molecule has 0 aliphatic carbocycles. The van der Waals surface area contributed by atoms with Gasteiger partial charge < -0.3 is 15.0 Å². The van der Waals surface area contributed by atoms with E-state index in [0.29, 0.717) is 5.56 Å². The van der Waals surface area contributed by atoms with Gasteiger partial charge in [0.05, 0.1) is 24.8 Å². The lowest BCUT2D eigenvalue weighted by molar-refractivity contribution is -0.133. The fraction of sp³-hybridized carbons (Fsp3) is 0.357. The Balaban J connectivity index is 1.65. The second-order valence-electron chi connectivity index (χ2n) is 9.14. The van der Waals surface area contributed by atoms with Gasteiger partial charge >= 0.3 is 0 Å². The molecule has 0 bridgehead atoms. The van der Waals surface area contributed by atoms with E-state index in [1.807, 2.05) is 56.4 Å². The minimum atomic E-state index is -0.444. The molecule has 1 aliphatic rings. The molecule has 1 amide bonds. The number of piperidine rings is 1. The minimum absolute atomic E-state index is 0.00271. The third-order valence-electron chi connectivity index (χ3n) is 7.26. The van der Waals surface area contributed by atoms with Crippen molar-refractivity contribution in [1.29, 1.82) is 5.26 Å². The molecule has 176 valence electrons. The van der Waals surface area contributed by atoms with Crippen molar-refractivity contribution in [2.24, 2.45) is 0 Å². The van der Waals surface area contributed by atoms with Crippen LogP contribution in [-0.2, 0) is 10.2 Å². The lowest BCUT2D eigenvalue weighted by atomic mass is 9.70. The topological polar surface area (TPSA) is 65.4 Å². The van der Waals surface area contributed by atoms with Crippen LogP contribution in [0.3, 0.4) is 0 Å². The van der Waals surface area contributed by atoms with Gasteiger partial charge in [0, 0.05) is 18.9 Å². The molecule has 4 rings (SSSR count). The van der Waals surface area contributed by atoms with Gasteiger partial charge in [-0.3, -0.25) is 4.79 Å². The standard InChI is InChI=1S/C28H30FN3O2/c1-19(24-15-20(18-30)14-21-6-4-5-7-23(21)24)32(2)27(33)17-28(10-12-31-13-11-28)22-8-9-26(34-3)25(29)16-22/h4-9,14-16,19,31H,10-13,17H2,1-3H3. The molecule has 1 N–H and O–H groups in total. The van der Waals surface area contributed by atoms with Crippen LogP contribution in [0.15, 0.2) is 54.6 Å². The Kier molecular flexibility index (Phi) is 6.85. The molecule has 1 aliphatic heterocycles. The number of ether oxygens (including phenoxy) is 1. The average molecular weight is 460 g/mol. The van der Waals surface area contributed by atoms with Gasteiger partial charge in [-0.2, -0.15) is 5.26 Å². The molecule has 1 heterocycles. The van der Waals surface area contributed by atoms with Crippen molar-refractivity contribution in [1.82, 2.24) is 10.2 Å². The Labute approximate surface area is 200 Å². The maximum atomic E-state index is 14.6. The minimum Gasteiger partial charge on any atom is -0.494 e. The Bertz CT molecular complexity index is 1240. The van der Waals surface area contributed by atoms with E-state index in [1.165, 1.54) is 13.2 Å². The highest BCUT2D eigenvalue weighted by atomic mass is 19.1. The van der Waals surface area contributed by atoms with E-state index in [9.17, 15) is 14.4 Å². The zero-order valence-corrected chi connectivity index (χ0v) is 19.9. The summed E-state index contributed by atoms with van der Waals surface area (Å²) in [4.78, 5) is 15.4. The summed E-state index contributed by atoms with van der Waals surface area (Å²) in [7, 11) is 3.26. The summed E-state index contributed by atoms with van der Waals surface area (Å²) < 4.78 is 19.7. The molecule has 1 atom stereocenters. The Hall–Kier alpha value is -3.43. The first kappa shape index (κ1) is 23.7. The molecule has 0 saturated carbocycles. The molecule has 6 heteroatoms. The third kappa shape index (κ3) is 4.49. The molecular formula is C28H30FN3O2. The first-order valence-electron chi connectivity index (χ1n) is 11.6. The van der Waals surface area contributed by atoms with E-state index in [0.717, 1.165) is 47.8 Å². The number of amides is 1. The van der Waals surface area contributed by atoms with Crippen LogP contribution in [0.4, 0.5) is 4.39 Å². The van der Waals surface area contributed by atoms with Gasteiger partial charge in [0.15, 0.2) is 11.6 Å². The fourth-order valence-electron chi connectivity index (χ4n) is 5.06. The predicted molar refractivity (Wildman–Crippen MR) is 131 cm³/mol. The van der Waals surface area contributed by atoms with E-state index in [1.54, 1.807) is 11.0 Å². The van der Waals surface area contributed by atoms with Crippen LogP contribution in [-0.4, -0.2) is 38.1 Å². The lowest BCUT2D eigenvalue weighted by Gasteiger charge is -2.39. The fourth-order valence-corrected chi connectivity index (χ4v) is 5.06. The van der Waals surface area contributed by atoms with Crippen LogP contribution in [0.1, 0.15) is 48.9 Å². The molecule has 3 aromatic carbocycles. The summed E-state index contributed by atoms with van der Waals surface area (Å²) in [5.41, 5.74) is 1.91. The average Bonchev–Trinajstić information content (AvgIpc) is 2.87. The van der Waals surface area contributed by atoms with Crippen LogP contribution >= 0.6 is 0 Å². The molecule has 1 fully saturated rings. The van der Waals surface area contributed by atoms with Crippen molar-refractivity contribution in [2.75, 3.05) is 27.2 Å². The second kappa shape index (κ2) is 9.82. The molecule has 5 nitrogen and oxygen atoms in total. The van der Waals surface area contributed by atoms with Crippen LogP contribution in [0.2, 0.25) is 0 Å². The zero-order valence-electron chi connectivity index (χ0n) is 19.9. The van der Waals surface area contributed by atoms with E-state index < -0.39 is 11.2 Å². The number of carbonyl (C=O) groups is 1. The van der Waals surface area contributed by atoms with E-state index in [-0.39, 0.29) is 24.1 Å². The van der Waals surface area contributed by atoms with Crippen LogP contribution < -0.4 is 10.1 Å². The van der Waals surface area contributed by atoms with Gasteiger partial charge in [0.1, 0.15) is 0 Å². The van der Waals surface area contributed by atoms with Crippen molar-refractivity contribution >= 4 is 16.7 Å². The number of hydrogen-bond acceptors (Lipinski definition) is 4. The molecule has 1 unspecified atom stereocenters. The number of fused-ring (bicyclic) bond motifs is 1. The van der Waals surface area contributed by atoms with Crippen molar-refractivity contribution in [3.8, 4) is 11.8 Å². The van der Waals surface area contributed by atoms with Gasteiger partial charge in [-0.05, 0) is 79.0 Å². The third-order valence-corrected chi connectivity index (χ3v) is 7.26. The number of hydrogen-bond donors (Lipinski definition) is 1. The van der Waals surface area contributed by atoms with Crippen LogP contribution in [0.5, 0.6) is 5.75 Å². The molecule has 0 radical (unpaired) electrons. The van der Waals surface area contributed by atoms with Crippen molar-refractivity contribution < 1.29 is 13.9 Å². The highest BCUT2D eigenvalue weighted by Gasteiger charge is 2.38. The number of halogens is 1. The van der Waals surface area contributed by atoms with E-state index >= 15 is 0 Å². The number of benzene rings is 3. The van der Waals surface area contributed by atoms with Crippen LogP contribution in [0.25, 0.3) is 10.8 Å². The van der Waals surface area contributed by atoms with Gasteiger partial charge in [-0.25, -0.2) is 4.39 Å². The summed E-state index contributed by atoms with van der Waals surface area (Å²) in [5.74, 6) is -0.210. The molecular weight excluding hydrogens is 429 g/mol. The number of nitriles is 1. The Morgan fingerprint density at radius 3 is 2.62 bits per heavy atom. The first-order valence-corrected chi connectivity index (χ1v) is 11.6. The molecule has 3 aromatic rings. The Morgan fingerprint density at radius 1 is 1.21 bits per heavy atom. The summed E-state index contributed by atoms with van der Waals surface area (Å²) >= 11 is 0. The summed E-state index contributed by atoms with van der Waals surface area (Å²) in [6, 6.07) is 18.7. The maximum absolute atomic E-state index is 14.6. The maximum Gasteiger partial charge on any atom is 0.223 e. The van der Waals surface area contributed by atoms with Crippen molar-refractivity contribution in [2.45, 2.75) is 37.6 Å². The first-order chi connectivity index (χ1) is 16.4. The van der Waals surface area contributed by atoms with Crippen molar-refractivity contribution in [3.05, 3.63) is 77.1 Å². The number of methoxy groups -OCH3 is 1. The second-order valence-corrected chi connectivity index (χ2v) is 9.14. The lowest BCUT2D eigenvalue weighted by Crippen LogP contribution is -2.44. The normalized spacial score (nSPS) is 16.0. The van der Waals surface area contributed by atoms with E-state index in [4.69, 9.17) is 4.74 Å². The zero-order chi connectivity index (χ0) is 24.3. The Morgan fingerprint density at radius 2 is 1.94 bits per heavy atom. The van der Waals surface area contributed by atoms with Gasteiger partial charge in [0.2, 0.25) is 5.91 Å². The highest BCUT2D eigenvalue weighted by Crippen LogP contribution is 2.40. The summed E-state index contributed by atoms with van der Waals surface area (Å²) in [6.45, 7) is 3.53. The van der Waals surface area contributed by atoms with Crippen molar-refractivity contribution in [3.63, 3.8) is 0 Å². The van der Waals surface area contributed by atoms with Gasteiger partial charge in [-0.1, -0.05) is 30.3 Å². The molecule has 0 aromatic heterocycles. The van der Waals surface area contributed by atoms with Gasteiger partial charge in [0.25, 0.3) is 0 Å². The highest BCUT2D eigenvalue weighted by molar-refractivity contribution is 5.88. The van der Waals surface area contributed by atoms with E-state index in [2.05, 4.69) is 11.4 Å². The molecule has 0 spiro atoms. The number of rotatable bonds is 6. The number of carbonyl (C=O) groups excluding carboxylic acids is 1.